The third-order valence-corrected chi connectivity index (χ3v) is 2.52. The highest BCUT2D eigenvalue weighted by molar-refractivity contribution is 5.69. The van der Waals surface area contributed by atoms with Gasteiger partial charge in [-0.25, -0.2) is 0 Å². The second-order valence-electron chi connectivity index (χ2n) is 4.09. The Morgan fingerprint density at radius 2 is 2.05 bits per heavy atom. The van der Waals surface area contributed by atoms with Crippen LogP contribution in [0.4, 0.5) is 5.69 Å². The molecular weight excluding hydrogens is 262 g/mol. The topological polar surface area (TPSA) is 89.7 Å². The van der Waals surface area contributed by atoms with E-state index in [4.69, 9.17) is 9.84 Å². The van der Waals surface area contributed by atoms with E-state index in [-0.39, 0.29) is 24.9 Å². The van der Waals surface area contributed by atoms with Gasteiger partial charge in [-0.3, -0.25) is 14.9 Å². The minimum absolute atomic E-state index is 0.0392. The highest BCUT2D eigenvalue weighted by atomic mass is 16.6. The third-order valence-electron chi connectivity index (χ3n) is 2.52. The van der Waals surface area contributed by atoms with Crippen molar-refractivity contribution < 1.29 is 19.6 Å². The average molecular weight is 279 g/mol. The lowest BCUT2D eigenvalue weighted by Crippen LogP contribution is -2.07. The molecule has 0 saturated carbocycles. The number of aliphatic hydroxyl groups excluding tert-OH is 1. The number of unbranched alkanes of at least 4 members (excludes halogenated alkanes) is 1. The standard InChI is InChI=1S/C14H17NO5/c16-10-11-20-14(17)5-3-1-2-4-12-6-8-13(9-7-12)15(18)19/h2,4,6-9,16H,1,3,5,10-11H2/b4-2+. The van der Waals surface area contributed by atoms with Crippen LogP contribution >= 0.6 is 0 Å². The number of carbonyl (C=O) groups excluding carboxylic acids is 1. The lowest BCUT2D eigenvalue weighted by molar-refractivity contribution is -0.384. The lowest BCUT2D eigenvalue weighted by atomic mass is 10.1. The summed E-state index contributed by atoms with van der Waals surface area (Å²) in [7, 11) is 0. The van der Waals surface area contributed by atoms with E-state index in [1.165, 1.54) is 12.1 Å². The molecule has 0 unspecified atom stereocenters. The Morgan fingerprint density at radius 3 is 2.65 bits per heavy atom. The molecule has 20 heavy (non-hydrogen) atoms. The van der Waals surface area contributed by atoms with Gasteiger partial charge < -0.3 is 9.84 Å². The highest BCUT2D eigenvalue weighted by Crippen LogP contribution is 2.13. The fraction of sp³-hybridized carbons (Fsp3) is 0.357. The van der Waals surface area contributed by atoms with E-state index in [1.54, 1.807) is 12.1 Å². The van der Waals surface area contributed by atoms with Crippen LogP contribution in [0.2, 0.25) is 0 Å². The number of carbonyl (C=O) groups is 1. The number of rotatable bonds is 8. The predicted octanol–water partition coefficient (Wildman–Crippen LogP) is 2.31. The van der Waals surface area contributed by atoms with Gasteiger partial charge in [0.15, 0.2) is 0 Å². The number of hydrogen-bond donors (Lipinski definition) is 1. The van der Waals surface area contributed by atoms with Crippen molar-refractivity contribution >= 4 is 17.7 Å². The molecule has 1 aromatic rings. The maximum atomic E-state index is 11.1. The number of allylic oxidation sites excluding steroid dienone is 1. The van der Waals surface area contributed by atoms with E-state index in [1.807, 2.05) is 12.2 Å². The molecule has 0 aliphatic carbocycles. The Bertz CT molecular complexity index is 467. The van der Waals surface area contributed by atoms with Crippen molar-refractivity contribution in [3.8, 4) is 0 Å². The molecule has 0 fully saturated rings. The molecule has 108 valence electrons. The zero-order valence-corrected chi connectivity index (χ0v) is 11.0. The maximum Gasteiger partial charge on any atom is 0.305 e. The Hall–Kier alpha value is -2.21. The molecule has 0 spiro atoms. The normalized spacial score (nSPS) is 10.7. The molecule has 1 aromatic carbocycles. The first-order chi connectivity index (χ1) is 9.63. The Kier molecular flexibility index (Phi) is 6.99. The number of non-ortho nitro benzene ring substituents is 1. The number of nitrogens with zero attached hydrogens (tertiary/aromatic N) is 1. The number of aliphatic hydroxyl groups is 1. The fourth-order valence-corrected chi connectivity index (χ4v) is 1.52. The Morgan fingerprint density at radius 1 is 1.35 bits per heavy atom. The summed E-state index contributed by atoms with van der Waals surface area (Å²) in [6, 6.07) is 6.24. The van der Waals surface area contributed by atoms with Crippen LogP contribution < -0.4 is 0 Å². The van der Waals surface area contributed by atoms with Crippen LogP contribution in [-0.2, 0) is 9.53 Å². The molecule has 0 aliphatic heterocycles. The van der Waals surface area contributed by atoms with Crippen LogP contribution in [0.5, 0.6) is 0 Å². The van der Waals surface area contributed by atoms with Crippen LogP contribution in [0.15, 0.2) is 30.3 Å². The summed E-state index contributed by atoms with van der Waals surface area (Å²) in [5.74, 6) is -0.317. The van der Waals surface area contributed by atoms with Crippen molar-refractivity contribution in [1.29, 1.82) is 0 Å². The predicted molar refractivity (Wildman–Crippen MR) is 74.0 cm³/mol. The van der Waals surface area contributed by atoms with Crippen molar-refractivity contribution in [2.24, 2.45) is 0 Å². The van der Waals surface area contributed by atoms with Gasteiger partial charge in [0, 0.05) is 18.6 Å². The van der Waals surface area contributed by atoms with E-state index < -0.39 is 4.92 Å². The summed E-state index contributed by atoms with van der Waals surface area (Å²) in [4.78, 5) is 21.2. The first kappa shape index (κ1) is 15.8. The monoisotopic (exact) mass is 279 g/mol. The minimum atomic E-state index is -0.439. The number of benzene rings is 1. The summed E-state index contributed by atoms with van der Waals surface area (Å²) in [5, 5.41) is 19.0. The molecule has 0 radical (unpaired) electrons. The summed E-state index contributed by atoms with van der Waals surface area (Å²) < 4.78 is 4.71. The van der Waals surface area contributed by atoms with Crippen LogP contribution in [0.1, 0.15) is 24.8 Å². The highest BCUT2D eigenvalue weighted by Gasteiger charge is 2.02. The van der Waals surface area contributed by atoms with E-state index in [0.717, 1.165) is 5.56 Å². The molecule has 1 N–H and O–H groups in total. The van der Waals surface area contributed by atoms with Gasteiger partial charge >= 0.3 is 5.97 Å². The van der Waals surface area contributed by atoms with E-state index in [9.17, 15) is 14.9 Å². The zero-order valence-electron chi connectivity index (χ0n) is 11.0. The second kappa shape index (κ2) is 8.82. The summed E-state index contributed by atoms with van der Waals surface area (Å²) in [5.41, 5.74) is 0.937. The number of ether oxygens (including phenoxy) is 1. The molecular formula is C14H17NO5. The lowest BCUT2D eigenvalue weighted by Gasteiger charge is -2.00. The van der Waals surface area contributed by atoms with E-state index in [0.29, 0.717) is 19.3 Å². The van der Waals surface area contributed by atoms with Crippen molar-refractivity contribution in [1.82, 2.24) is 0 Å². The fourth-order valence-electron chi connectivity index (χ4n) is 1.52. The van der Waals surface area contributed by atoms with Gasteiger partial charge in [-0.05, 0) is 30.5 Å². The molecule has 0 saturated heterocycles. The van der Waals surface area contributed by atoms with Crippen molar-refractivity contribution in [2.75, 3.05) is 13.2 Å². The van der Waals surface area contributed by atoms with Gasteiger partial charge in [-0.15, -0.1) is 0 Å². The Labute approximate surface area is 116 Å². The molecule has 0 heterocycles. The average Bonchev–Trinajstić information content (AvgIpc) is 2.45. The third kappa shape index (κ3) is 6.10. The molecule has 1 rings (SSSR count). The van der Waals surface area contributed by atoms with Crippen LogP contribution in [-0.4, -0.2) is 29.2 Å². The first-order valence-electron chi connectivity index (χ1n) is 6.31. The van der Waals surface area contributed by atoms with Crippen molar-refractivity contribution in [3.05, 3.63) is 46.0 Å². The number of nitro groups is 1. The maximum absolute atomic E-state index is 11.1. The van der Waals surface area contributed by atoms with Gasteiger partial charge in [0.2, 0.25) is 0 Å². The minimum Gasteiger partial charge on any atom is -0.463 e. The summed E-state index contributed by atoms with van der Waals surface area (Å²) >= 11 is 0. The van der Waals surface area contributed by atoms with Crippen LogP contribution in [0, 0.1) is 10.1 Å². The second-order valence-corrected chi connectivity index (χ2v) is 4.09. The smallest absolute Gasteiger partial charge is 0.305 e. The number of nitro benzene ring substituents is 1. The molecule has 6 heteroatoms. The van der Waals surface area contributed by atoms with Crippen molar-refractivity contribution in [2.45, 2.75) is 19.3 Å². The molecule has 0 aliphatic rings. The van der Waals surface area contributed by atoms with Gasteiger partial charge in [-0.2, -0.15) is 0 Å². The SMILES string of the molecule is O=C(CCC/C=C/c1ccc([N+](=O)[O-])cc1)OCCO. The van der Waals surface area contributed by atoms with Crippen LogP contribution in [0.3, 0.4) is 0 Å². The van der Waals surface area contributed by atoms with E-state index >= 15 is 0 Å². The molecule has 6 nitrogen and oxygen atoms in total. The molecule has 0 atom stereocenters. The van der Waals surface area contributed by atoms with Gasteiger partial charge in [0.25, 0.3) is 5.69 Å². The Balaban J connectivity index is 2.27. The van der Waals surface area contributed by atoms with E-state index in [2.05, 4.69) is 0 Å². The van der Waals surface area contributed by atoms with Gasteiger partial charge in [0.05, 0.1) is 11.5 Å². The zero-order chi connectivity index (χ0) is 14.8. The first-order valence-corrected chi connectivity index (χ1v) is 6.31. The quantitative estimate of drug-likeness (QED) is 0.341. The number of hydrogen-bond acceptors (Lipinski definition) is 5. The summed E-state index contributed by atoms with van der Waals surface area (Å²) in [6.07, 6.45) is 5.44. The molecule has 0 amide bonds. The number of esters is 1. The van der Waals surface area contributed by atoms with Gasteiger partial charge in [0.1, 0.15) is 6.61 Å². The van der Waals surface area contributed by atoms with Crippen LogP contribution in [0.25, 0.3) is 6.08 Å². The molecule has 0 aromatic heterocycles. The molecule has 0 bridgehead atoms. The largest absolute Gasteiger partial charge is 0.463 e. The summed E-state index contributed by atoms with van der Waals surface area (Å²) in [6.45, 7) is -0.122. The van der Waals surface area contributed by atoms with Crippen molar-refractivity contribution in [3.63, 3.8) is 0 Å². The van der Waals surface area contributed by atoms with Gasteiger partial charge in [-0.1, -0.05) is 12.2 Å².